The number of amides is 2. The van der Waals surface area contributed by atoms with Gasteiger partial charge in [0.25, 0.3) is 5.91 Å². The zero-order valence-corrected chi connectivity index (χ0v) is 16.7. The van der Waals surface area contributed by atoms with E-state index in [1.165, 1.54) is 0 Å². The lowest BCUT2D eigenvalue weighted by Crippen LogP contribution is -2.61. The van der Waals surface area contributed by atoms with Gasteiger partial charge in [-0.1, -0.05) is 37.3 Å². The minimum atomic E-state index is -1.05. The van der Waals surface area contributed by atoms with E-state index in [2.05, 4.69) is 4.98 Å². The molecule has 1 fully saturated rings. The van der Waals surface area contributed by atoms with Gasteiger partial charge in [-0.3, -0.25) is 14.6 Å². The molecular weight excluding hydrogens is 354 g/mol. The Morgan fingerprint density at radius 1 is 1.18 bits per heavy atom. The number of carbonyl (C=O) groups excluding carboxylic acids is 2. The van der Waals surface area contributed by atoms with Crippen molar-refractivity contribution in [2.75, 3.05) is 33.8 Å². The zero-order chi connectivity index (χ0) is 20.1. The topological polar surface area (TPSA) is 62.7 Å². The summed E-state index contributed by atoms with van der Waals surface area (Å²) < 4.78 is 6.04. The van der Waals surface area contributed by atoms with Crippen molar-refractivity contribution in [3.8, 4) is 11.1 Å². The predicted molar refractivity (Wildman–Crippen MR) is 108 cm³/mol. The number of nitrogens with zero attached hydrogens (tertiary/aromatic N) is 3. The molecule has 0 radical (unpaired) electrons. The summed E-state index contributed by atoms with van der Waals surface area (Å²) in [4.78, 5) is 32.7. The highest BCUT2D eigenvalue weighted by molar-refractivity contribution is 5.87. The van der Waals surface area contributed by atoms with Crippen molar-refractivity contribution < 1.29 is 14.3 Å². The summed E-state index contributed by atoms with van der Waals surface area (Å²) in [5.41, 5.74) is 2.05. The van der Waals surface area contributed by atoms with E-state index in [4.69, 9.17) is 4.74 Å². The van der Waals surface area contributed by atoms with Crippen LogP contribution < -0.4 is 0 Å². The first-order valence-electron chi connectivity index (χ1n) is 9.58. The van der Waals surface area contributed by atoms with E-state index in [0.717, 1.165) is 16.7 Å². The van der Waals surface area contributed by atoms with Crippen LogP contribution in [-0.4, -0.2) is 66.0 Å². The van der Waals surface area contributed by atoms with Crippen LogP contribution in [0, 0.1) is 0 Å². The first-order chi connectivity index (χ1) is 13.4. The zero-order valence-electron chi connectivity index (χ0n) is 16.7. The fourth-order valence-corrected chi connectivity index (χ4v) is 3.62. The third-order valence-electron chi connectivity index (χ3n) is 5.08. The van der Waals surface area contributed by atoms with Crippen LogP contribution in [0.15, 0.2) is 48.8 Å². The monoisotopic (exact) mass is 381 g/mol. The average Bonchev–Trinajstić information content (AvgIpc) is 2.73. The summed E-state index contributed by atoms with van der Waals surface area (Å²) in [5, 5.41) is 0. The van der Waals surface area contributed by atoms with Crippen molar-refractivity contribution in [2.24, 2.45) is 0 Å². The highest BCUT2D eigenvalue weighted by atomic mass is 16.5. The van der Waals surface area contributed by atoms with Gasteiger partial charge in [0, 0.05) is 45.9 Å². The van der Waals surface area contributed by atoms with Gasteiger partial charge in [0.05, 0.1) is 13.2 Å². The van der Waals surface area contributed by atoms with E-state index in [1.54, 1.807) is 30.1 Å². The molecule has 1 aliphatic rings. The van der Waals surface area contributed by atoms with Crippen LogP contribution >= 0.6 is 0 Å². The predicted octanol–water partition coefficient (Wildman–Crippen LogP) is 2.39. The smallest absolute Gasteiger partial charge is 0.256 e. The fraction of sp³-hybridized carbons (Fsp3) is 0.409. The second kappa shape index (κ2) is 8.52. The third kappa shape index (κ3) is 4.22. The highest BCUT2D eigenvalue weighted by Gasteiger charge is 2.45. The summed E-state index contributed by atoms with van der Waals surface area (Å²) in [6.07, 6.45) is 4.42. The second-order valence-electron chi connectivity index (χ2n) is 7.33. The van der Waals surface area contributed by atoms with Crippen molar-refractivity contribution in [1.82, 2.24) is 14.8 Å². The number of benzene rings is 1. The van der Waals surface area contributed by atoms with Crippen molar-refractivity contribution in [3.63, 3.8) is 0 Å². The van der Waals surface area contributed by atoms with Gasteiger partial charge in [-0.25, -0.2) is 0 Å². The van der Waals surface area contributed by atoms with Gasteiger partial charge in [0.15, 0.2) is 5.60 Å². The molecule has 1 aromatic carbocycles. The average molecular weight is 381 g/mol. The number of morpholine rings is 1. The number of carbonyl (C=O) groups is 2. The Morgan fingerprint density at radius 2 is 1.93 bits per heavy atom. The molecular formula is C22H27N3O3. The lowest BCUT2D eigenvalue weighted by molar-refractivity contribution is -0.172. The van der Waals surface area contributed by atoms with Crippen LogP contribution in [0.25, 0.3) is 11.1 Å². The standard InChI is InChI=1S/C22H27N3O3/c1-4-20(26)25-12-13-28-22(16-25,21(27)24(2)3)14-17-7-9-18(10-8-17)19-6-5-11-23-15-19/h5-11,15H,4,12-14,16H2,1-3H3/t22-/m0/s1. The SMILES string of the molecule is CCC(=O)N1CCO[C@](Cc2ccc(-c3cccnc3)cc2)(C(=O)N(C)C)C1. The molecule has 0 saturated carbocycles. The van der Waals surface area contributed by atoms with Gasteiger partial charge < -0.3 is 14.5 Å². The Kier molecular flexibility index (Phi) is 6.09. The number of ether oxygens (including phenoxy) is 1. The fourth-order valence-electron chi connectivity index (χ4n) is 3.62. The molecule has 2 heterocycles. The summed E-state index contributed by atoms with van der Waals surface area (Å²) in [6, 6.07) is 12.0. The molecule has 1 aliphatic heterocycles. The molecule has 3 rings (SSSR count). The van der Waals surface area contributed by atoms with Crippen LogP contribution in [0.2, 0.25) is 0 Å². The van der Waals surface area contributed by atoms with Crippen molar-refractivity contribution in [1.29, 1.82) is 0 Å². The molecule has 0 spiro atoms. The second-order valence-corrected chi connectivity index (χ2v) is 7.33. The molecule has 0 aliphatic carbocycles. The van der Waals surface area contributed by atoms with Gasteiger partial charge in [-0.2, -0.15) is 0 Å². The van der Waals surface area contributed by atoms with E-state index >= 15 is 0 Å². The first-order valence-corrected chi connectivity index (χ1v) is 9.58. The lowest BCUT2D eigenvalue weighted by Gasteiger charge is -2.42. The molecule has 28 heavy (non-hydrogen) atoms. The first kappa shape index (κ1) is 20.0. The van der Waals surface area contributed by atoms with E-state index in [1.807, 2.05) is 49.5 Å². The Labute approximate surface area is 166 Å². The molecule has 6 heteroatoms. The molecule has 0 bridgehead atoms. The number of aromatic nitrogens is 1. The molecule has 6 nitrogen and oxygen atoms in total. The molecule has 1 aromatic heterocycles. The van der Waals surface area contributed by atoms with E-state index in [0.29, 0.717) is 26.0 Å². The molecule has 0 unspecified atom stereocenters. The van der Waals surface area contributed by atoms with Gasteiger partial charge in [0.1, 0.15) is 0 Å². The Hall–Kier alpha value is -2.73. The Balaban J connectivity index is 1.86. The molecule has 1 saturated heterocycles. The maximum absolute atomic E-state index is 13.0. The van der Waals surface area contributed by atoms with Crippen LogP contribution in [0.3, 0.4) is 0 Å². The van der Waals surface area contributed by atoms with Crippen LogP contribution in [0.5, 0.6) is 0 Å². The molecule has 2 amide bonds. The lowest BCUT2D eigenvalue weighted by atomic mass is 9.90. The van der Waals surface area contributed by atoms with Gasteiger partial charge in [-0.05, 0) is 22.8 Å². The maximum atomic E-state index is 13.0. The van der Waals surface area contributed by atoms with Crippen LogP contribution in [0.4, 0.5) is 0 Å². The molecule has 148 valence electrons. The van der Waals surface area contributed by atoms with Gasteiger partial charge in [-0.15, -0.1) is 0 Å². The Bertz CT molecular complexity index is 821. The van der Waals surface area contributed by atoms with E-state index < -0.39 is 5.60 Å². The van der Waals surface area contributed by atoms with Crippen molar-refractivity contribution in [3.05, 3.63) is 54.4 Å². The summed E-state index contributed by atoms with van der Waals surface area (Å²) in [5.74, 6) is -0.0661. The number of hydrogen-bond donors (Lipinski definition) is 0. The molecule has 1 atom stereocenters. The van der Waals surface area contributed by atoms with Crippen molar-refractivity contribution >= 4 is 11.8 Å². The minimum absolute atomic E-state index is 0.0474. The van der Waals surface area contributed by atoms with Crippen LogP contribution in [-0.2, 0) is 20.7 Å². The van der Waals surface area contributed by atoms with Crippen LogP contribution in [0.1, 0.15) is 18.9 Å². The summed E-state index contributed by atoms with van der Waals surface area (Å²) in [6.45, 7) is 3.00. The summed E-state index contributed by atoms with van der Waals surface area (Å²) in [7, 11) is 3.44. The number of likely N-dealkylation sites (N-methyl/N-ethyl adjacent to an activating group) is 1. The van der Waals surface area contributed by atoms with Gasteiger partial charge >= 0.3 is 0 Å². The van der Waals surface area contributed by atoms with Gasteiger partial charge in [0.2, 0.25) is 5.91 Å². The number of rotatable bonds is 5. The van der Waals surface area contributed by atoms with E-state index in [9.17, 15) is 9.59 Å². The molecule has 2 aromatic rings. The third-order valence-corrected chi connectivity index (χ3v) is 5.08. The number of hydrogen-bond acceptors (Lipinski definition) is 4. The largest absolute Gasteiger partial charge is 0.361 e. The highest BCUT2D eigenvalue weighted by Crippen LogP contribution is 2.27. The number of pyridine rings is 1. The minimum Gasteiger partial charge on any atom is -0.361 e. The van der Waals surface area contributed by atoms with Crippen molar-refractivity contribution in [2.45, 2.75) is 25.4 Å². The maximum Gasteiger partial charge on any atom is 0.256 e. The van der Waals surface area contributed by atoms with E-state index in [-0.39, 0.29) is 18.4 Å². The summed E-state index contributed by atoms with van der Waals surface area (Å²) >= 11 is 0. The Morgan fingerprint density at radius 3 is 2.54 bits per heavy atom. The molecule has 0 N–H and O–H groups in total. The normalized spacial score (nSPS) is 19.3. The quantitative estimate of drug-likeness (QED) is 0.798.